The van der Waals surface area contributed by atoms with Crippen molar-refractivity contribution in [2.75, 3.05) is 12.4 Å². The lowest BCUT2D eigenvalue weighted by molar-refractivity contribution is -0.137. The van der Waals surface area contributed by atoms with Crippen molar-refractivity contribution in [3.05, 3.63) is 58.1 Å². The van der Waals surface area contributed by atoms with E-state index in [4.69, 9.17) is 4.74 Å². The second-order valence-electron chi connectivity index (χ2n) is 4.39. The van der Waals surface area contributed by atoms with E-state index in [9.17, 15) is 13.2 Å². The number of hydrogen-bond acceptors (Lipinski definition) is 2. The minimum atomic E-state index is -4.31. The average Bonchev–Trinajstić information content (AvgIpc) is 2.45. The lowest BCUT2D eigenvalue weighted by atomic mass is 10.1. The first kappa shape index (κ1) is 15.7. The van der Waals surface area contributed by atoms with Crippen molar-refractivity contribution < 1.29 is 17.9 Å². The predicted octanol–water partition coefficient (Wildman–Crippen LogP) is 5.09. The summed E-state index contributed by atoms with van der Waals surface area (Å²) >= 11 is 3.36. The van der Waals surface area contributed by atoms with Crippen LogP contribution in [0, 0.1) is 0 Å². The minimum Gasteiger partial charge on any atom is -0.495 e. The van der Waals surface area contributed by atoms with Crippen LogP contribution < -0.4 is 10.1 Å². The number of ether oxygens (including phenoxy) is 1. The molecule has 2 nitrogen and oxygen atoms in total. The summed E-state index contributed by atoms with van der Waals surface area (Å²) in [7, 11) is 1.56. The largest absolute Gasteiger partial charge is 0.495 e. The van der Waals surface area contributed by atoms with Gasteiger partial charge in [-0.05, 0) is 35.9 Å². The molecule has 0 fully saturated rings. The van der Waals surface area contributed by atoms with Crippen molar-refractivity contribution in [1.29, 1.82) is 0 Å². The van der Waals surface area contributed by atoms with Gasteiger partial charge in [-0.3, -0.25) is 0 Å². The lowest BCUT2D eigenvalue weighted by Gasteiger charge is -2.12. The smallest absolute Gasteiger partial charge is 0.416 e. The number of anilines is 1. The molecule has 1 N–H and O–H groups in total. The fourth-order valence-electron chi connectivity index (χ4n) is 1.83. The molecule has 0 saturated carbocycles. The zero-order valence-electron chi connectivity index (χ0n) is 11.2. The van der Waals surface area contributed by atoms with Gasteiger partial charge in [-0.2, -0.15) is 13.2 Å². The number of hydrogen-bond donors (Lipinski definition) is 1. The molecule has 0 saturated heterocycles. The molecule has 0 atom stereocenters. The molecule has 0 bridgehead atoms. The van der Waals surface area contributed by atoms with Gasteiger partial charge in [-0.1, -0.05) is 28.1 Å². The summed E-state index contributed by atoms with van der Waals surface area (Å²) in [4.78, 5) is 0. The molecule has 2 rings (SSSR count). The van der Waals surface area contributed by atoms with Gasteiger partial charge in [0.25, 0.3) is 0 Å². The van der Waals surface area contributed by atoms with Crippen LogP contribution in [0.25, 0.3) is 0 Å². The van der Waals surface area contributed by atoms with E-state index in [-0.39, 0.29) is 0 Å². The van der Waals surface area contributed by atoms with Crippen LogP contribution in [0.5, 0.6) is 5.75 Å². The highest BCUT2D eigenvalue weighted by Crippen LogP contribution is 2.30. The number of benzene rings is 2. The fourth-order valence-corrected chi connectivity index (χ4v) is 2.19. The van der Waals surface area contributed by atoms with Crippen LogP contribution in [0.4, 0.5) is 18.9 Å². The normalized spacial score (nSPS) is 11.3. The summed E-state index contributed by atoms with van der Waals surface area (Å²) in [5.41, 5.74) is 0.878. The molecule has 0 amide bonds. The Morgan fingerprint density at radius 2 is 1.76 bits per heavy atom. The molecule has 0 aliphatic carbocycles. The number of rotatable bonds is 4. The van der Waals surface area contributed by atoms with Crippen molar-refractivity contribution >= 4 is 21.6 Å². The van der Waals surface area contributed by atoms with Gasteiger partial charge in [0.15, 0.2) is 0 Å². The third kappa shape index (κ3) is 4.14. The molecule has 21 heavy (non-hydrogen) atoms. The van der Waals surface area contributed by atoms with Crippen molar-refractivity contribution in [2.45, 2.75) is 12.7 Å². The molecule has 0 spiro atoms. The second-order valence-corrected chi connectivity index (χ2v) is 5.31. The number of nitrogens with one attached hydrogen (secondary N) is 1. The van der Waals surface area contributed by atoms with E-state index in [1.165, 1.54) is 12.1 Å². The molecule has 0 aromatic heterocycles. The zero-order chi connectivity index (χ0) is 15.5. The minimum absolute atomic E-state index is 0.408. The summed E-state index contributed by atoms with van der Waals surface area (Å²) in [6, 6.07) is 10.6. The summed E-state index contributed by atoms with van der Waals surface area (Å²) < 4.78 is 43.5. The Kier molecular flexibility index (Phi) is 4.77. The Morgan fingerprint density at radius 3 is 2.33 bits per heavy atom. The third-order valence-electron chi connectivity index (χ3n) is 2.93. The van der Waals surface area contributed by atoms with Crippen LogP contribution >= 0.6 is 15.9 Å². The molecule has 0 aliphatic heterocycles. The van der Waals surface area contributed by atoms with Crippen LogP contribution in [0.1, 0.15) is 11.1 Å². The van der Waals surface area contributed by atoms with Crippen molar-refractivity contribution in [3.8, 4) is 5.75 Å². The summed E-state index contributed by atoms with van der Waals surface area (Å²) in [5.74, 6) is 0.671. The summed E-state index contributed by atoms with van der Waals surface area (Å²) in [6.07, 6.45) is -4.31. The second kappa shape index (κ2) is 6.39. The van der Waals surface area contributed by atoms with E-state index in [1.54, 1.807) is 13.2 Å². The Balaban J connectivity index is 2.08. The van der Waals surface area contributed by atoms with Crippen molar-refractivity contribution in [2.24, 2.45) is 0 Å². The van der Waals surface area contributed by atoms with E-state index in [0.29, 0.717) is 12.3 Å². The van der Waals surface area contributed by atoms with Crippen LogP contribution in [-0.4, -0.2) is 7.11 Å². The topological polar surface area (TPSA) is 21.3 Å². The number of alkyl halides is 3. The first-order chi connectivity index (χ1) is 9.90. The summed E-state index contributed by atoms with van der Waals surface area (Å²) in [6.45, 7) is 0.408. The average molecular weight is 360 g/mol. The Labute approximate surface area is 129 Å². The SMILES string of the molecule is COc1ccc(Br)cc1NCc1ccc(C(F)(F)F)cc1. The maximum absolute atomic E-state index is 12.5. The van der Waals surface area contributed by atoms with Gasteiger partial charge in [0.2, 0.25) is 0 Å². The van der Waals surface area contributed by atoms with E-state index >= 15 is 0 Å². The van der Waals surface area contributed by atoms with Gasteiger partial charge >= 0.3 is 6.18 Å². The van der Waals surface area contributed by atoms with Crippen LogP contribution in [0.2, 0.25) is 0 Å². The predicted molar refractivity (Wildman–Crippen MR) is 79.5 cm³/mol. The molecule has 0 radical (unpaired) electrons. The number of halogens is 4. The quantitative estimate of drug-likeness (QED) is 0.820. The van der Waals surface area contributed by atoms with E-state index in [1.807, 2.05) is 12.1 Å². The highest BCUT2D eigenvalue weighted by Gasteiger charge is 2.29. The van der Waals surface area contributed by atoms with Gasteiger partial charge in [0, 0.05) is 11.0 Å². The van der Waals surface area contributed by atoms with Gasteiger partial charge < -0.3 is 10.1 Å². The molecular weight excluding hydrogens is 347 g/mol. The fraction of sp³-hybridized carbons (Fsp3) is 0.200. The van der Waals surface area contributed by atoms with Gasteiger partial charge in [0.1, 0.15) is 5.75 Å². The molecule has 112 valence electrons. The summed E-state index contributed by atoms with van der Waals surface area (Å²) in [5, 5.41) is 3.14. The van der Waals surface area contributed by atoms with Gasteiger partial charge in [-0.15, -0.1) is 0 Å². The molecule has 2 aromatic carbocycles. The highest BCUT2D eigenvalue weighted by molar-refractivity contribution is 9.10. The standard InChI is InChI=1S/C15H13BrF3NO/c1-21-14-7-6-12(16)8-13(14)20-9-10-2-4-11(5-3-10)15(17,18)19/h2-8,20H,9H2,1H3. The van der Waals surface area contributed by atoms with Crippen LogP contribution in [0.15, 0.2) is 46.9 Å². The monoisotopic (exact) mass is 359 g/mol. The maximum Gasteiger partial charge on any atom is 0.416 e. The molecule has 2 aromatic rings. The lowest BCUT2D eigenvalue weighted by Crippen LogP contribution is -2.06. The van der Waals surface area contributed by atoms with Crippen molar-refractivity contribution in [3.63, 3.8) is 0 Å². The molecule has 6 heteroatoms. The first-order valence-corrected chi connectivity index (χ1v) is 6.93. The highest BCUT2D eigenvalue weighted by atomic mass is 79.9. The molecular formula is C15H13BrF3NO. The van der Waals surface area contributed by atoms with E-state index in [0.717, 1.165) is 27.9 Å². The van der Waals surface area contributed by atoms with Crippen molar-refractivity contribution in [1.82, 2.24) is 0 Å². The van der Waals surface area contributed by atoms with Crippen LogP contribution in [0.3, 0.4) is 0 Å². The Hall–Kier alpha value is -1.69. The first-order valence-electron chi connectivity index (χ1n) is 6.13. The number of methoxy groups -OCH3 is 1. The van der Waals surface area contributed by atoms with Gasteiger partial charge in [0.05, 0.1) is 18.4 Å². The molecule has 0 heterocycles. The third-order valence-corrected chi connectivity index (χ3v) is 3.42. The van der Waals surface area contributed by atoms with E-state index < -0.39 is 11.7 Å². The van der Waals surface area contributed by atoms with Crippen LogP contribution in [-0.2, 0) is 12.7 Å². The molecule has 0 aliphatic rings. The maximum atomic E-state index is 12.5. The van der Waals surface area contributed by atoms with Gasteiger partial charge in [-0.25, -0.2) is 0 Å². The van der Waals surface area contributed by atoms with E-state index in [2.05, 4.69) is 21.2 Å². The zero-order valence-corrected chi connectivity index (χ0v) is 12.8. The Bertz CT molecular complexity index is 611. The Morgan fingerprint density at radius 1 is 1.10 bits per heavy atom. The molecule has 0 unspecified atom stereocenters.